The number of ketones is 1. The highest BCUT2D eigenvalue weighted by Crippen LogP contribution is 2.32. The van der Waals surface area contributed by atoms with Gasteiger partial charge in [-0.2, -0.15) is 0 Å². The highest BCUT2D eigenvalue weighted by atomic mass is 16.5. The maximum atomic E-state index is 12.0. The molecule has 0 aromatic carbocycles. The van der Waals surface area contributed by atoms with Gasteiger partial charge in [0.25, 0.3) is 0 Å². The largest absolute Gasteiger partial charge is 0.466 e. The number of ether oxygens (including phenoxy) is 2. The van der Waals surface area contributed by atoms with E-state index >= 15 is 0 Å². The van der Waals surface area contributed by atoms with Crippen LogP contribution in [0.15, 0.2) is 0 Å². The normalized spacial score (nSPS) is 24.4. The summed E-state index contributed by atoms with van der Waals surface area (Å²) in [5, 5.41) is 0. The molecule has 17 heavy (non-hydrogen) atoms. The fourth-order valence-electron chi connectivity index (χ4n) is 2.44. The molecule has 1 rings (SSSR count). The van der Waals surface area contributed by atoms with Crippen molar-refractivity contribution in [2.45, 2.75) is 39.0 Å². The number of carbonyl (C=O) groups is 2. The molecule has 0 bridgehead atoms. The summed E-state index contributed by atoms with van der Waals surface area (Å²) >= 11 is 0. The lowest BCUT2D eigenvalue weighted by Gasteiger charge is -2.28. The van der Waals surface area contributed by atoms with Crippen molar-refractivity contribution in [3.05, 3.63) is 0 Å². The first kappa shape index (κ1) is 14.2. The Balaban J connectivity index is 2.58. The van der Waals surface area contributed by atoms with Gasteiger partial charge in [0.1, 0.15) is 5.78 Å². The lowest BCUT2D eigenvalue weighted by atomic mass is 9.76. The van der Waals surface area contributed by atoms with E-state index in [1.54, 1.807) is 14.0 Å². The van der Waals surface area contributed by atoms with E-state index in [4.69, 9.17) is 9.47 Å². The van der Waals surface area contributed by atoms with Crippen molar-refractivity contribution in [2.24, 2.45) is 11.8 Å². The summed E-state index contributed by atoms with van der Waals surface area (Å²) < 4.78 is 9.95. The second-order valence-corrected chi connectivity index (χ2v) is 4.46. The highest BCUT2D eigenvalue weighted by Gasteiger charge is 2.35. The molecule has 0 N–H and O–H groups in total. The van der Waals surface area contributed by atoms with E-state index in [2.05, 4.69) is 0 Å². The Morgan fingerprint density at radius 2 is 1.82 bits per heavy atom. The minimum absolute atomic E-state index is 0.143. The van der Waals surface area contributed by atoms with Crippen LogP contribution in [0.4, 0.5) is 0 Å². The van der Waals surface area contributed by atoms with Gasteiger partial charge >= 0.3 is 5.97 Å². The number of methoxy groups -OCH3 is 1. The molecule has 4 nitrogen and oxygen atoms in total. The Kier molecular flexibility index (Phi) is 6.19. The average Bonchev–Trinajstić information content (AvgIpc) is 2.36. The third kappa shape index (κ3) is 4.11. The molecule has 0 aliphatic heterocycles. The summed E-state index contributed by atoms with van der Waals surface area (Å²) in [7, 11) is 1.58. The van der Waals surface area contributed by atoms with E-state index in [0.29, 0.717) is 19.6 Å². The molecule has 0 aromatic rings. The van der Waals surface area contributed by atoms with Crippen LogP contribution in [0.25, 0.3) is 0 Å². The van der Waals surface area contributed by atoms with E-state index in [1.165, 1.54) is 0 Å². The second-order valence-electron chi connectivity index (χ2n) is 4.46. The van der Waals surface area contributed by atoms with E-state index in [9.17, 15) is 9.59 Å². The molecule has 1 saturated carbocycles. The van der Waals surface area contributed by atoms with Crippen LogP contribution >= 0.6 is 0 Å². The van der Waals surface area contributed by atoms with E-state index in [1.807, 2.05) is 0 Å². The fourth-order valence-corrected chi connectivity index (χ4v) is 2.44. The van der Waals surface area contributed by atoms with E-state index < -0.39 is 0 Å². The van der Waals surface area contributed by atoms with Gasteiger partial charge in [0, 0.05) is 19.4 Å². The van der Waals surface area contributed by atoms with Crippen molar-refractivity contribution >= 4 is 11.8 Å². The minimum atomic E-state index is -0.229. The summed E-state index contributed by atoms with van der Waals surface area (Å²) in [4.78, 5) is 23.8. The van der Waals surface area contributed by atoms with Gasteiger partial charge in [-0.1, -0.05) is 12.8 Å². The monoisotopic (exact) mass is 242 g/mol. The maximum Gasteiger partial charge on any atom is 0.309 e. The van der Waals surface area contributed by atoms with Gasteiger partial charge in [-0.15, -0.1) is 0 Å². The maximum absolute atomic E-state index is 12.0. The molecule has 1 aliphatic rings. The minimum Gasteiger partial charge on any atom is -0.466 e. The number of esters is 1. The quantitative estimate of drug-likeness (QED) is 0.668. The number of hydrogen-bond acceptors (Lipinski definition) is 4. The van der Waals surface area contributed by atoms with E-state index in [-0.39, 0.29) is 23.6 Å². The van der Waals surface area contributed by atoms with Gasteiger partial charge in [0.05, 0.1) is 19.1 Å². The zero-order valence-corrected chi connectivity index (χ0v) is 10.7. The third-order valence-corrected chi connectivity index (χ3v) is 3.32. The van der Waals surface area contributed by atoms with E-state index in [0.717, 1.165) is 25.7 Å². The molecule has 2 unspecified atom stereocenters. The van der Waals surface area contributed by atoms with Crippen LogP contribution < -0.4 is 0 Å². The van der Waals surface area contributed by atoms with Crippen LogP contribution in [0, 0.1) is 11.8 Å². The SMILES string of the molecule is CCOC(=O)C1CCCCC1C(=O)CCOC. The molecule has 1 fully saturated rings. The van der Waals surface area contributed by atoms with Crippen LogP contribution in [-0.4, -0.2) is 32.1 Å². The van der Waals surface area contributed by atoms with Crippen molar-refractivity contribution < 1.29 is 19.1 Å². The lowest BCUT2D eigenvalue weighted by molar-refractivity contribution is -0.154. The zero-order chi connectivity index (χ0) is 12.7. The first-order chi connectivity index (χ1) is 8.20. The fraction of sp³-hybridized carbons (Fsp3) is 0.846. The molecule has 4 heteroatoms. The predicted octanol–water partition coefficient (Wildman–Crippen LogP) is 1.96. The number of hydrogen-bond donors (Lipinski definition) is 0. The Hall–Kier alpha value is -0.900. The van der Waals surface area contributed by atoms with Crippen LogP contribution in [0.1, 0.15) is 39.0 Å². The molecule has 0 radical (unpaired) electrons. The Bertz CT molecular complexity index is 262. The molecular formula is C13H22O4. The predicted molar refractivity (Wildman–Crippen MR) is 63.6 cm³/mol. The summed E-state index contributed by atoms with van der Waals surface area (Å²) in [6, 6.07) is 0. The van der Waals surface area contributed by atoms with Crippen molar-refractivity contribution in [3.63, 3.8) is 0 Å². The number of carbonyl (C=O) groups excluding carboxylic acids is 2. The Morgan fingerprint density at radius 3 is 2.41 bits per heavy atom. The van der Waals surface area contributed by atoms with Gasteiger partial charge in [0.15, 0.2) is 0 Å². The summed E-state index contributed by atoms with van der Waals surface area (Å²) in [6.07, 6.45) is 4.03. The molecule has 1 aliphatic carbocycles. The zero-order valence-electron chi connectivity index (χ0n) is 10.7. The highest BCUT2D eigenvalue weighted by molar-refractivity contribution is 5.87. The smallest absolute Gasteiger partial charge is 0.309 e. The number of rotatable bonds is 6. The van der Waals surface area contributed by atoms with Gasteiger partial charge < -0.3 is 9.47 Å². The summed E-state index contributed by atoms with van der Waals surface area (Å²) in [5.74, 6) is -0.446. The van der Waals surface area contributed by atoms with Crippen LogP contribution in [0.2, 0.25) is 0 Å². The Labute approximate surface area is 103 Å². The second kappa shape index (κ2) is 7.43. The van der Waals surface area contributed by atoms with Crippen molar-refractivity contribution in [1.82, 2.24) is 0 Å². The molecule has 0 spiro atoms. The van der Waals surface area contributed by atoms with Gasteiger partial charge in [-0.3, -0.25) is 9.59 Å². The van der Waals surface area contributed by atoms with Gasteiger partial charge in [0.2, 0.25) is 0 Å². The molecule has 0 amide bonds. The first-order valence-electron chi connectivity index (χ1n) is 6.39. The van der Waals surface area contributed by atoms with Crippen LogP contribution in [0.5, 0.6) is 0 Å². The Morgan fingerprint density at radius 1 is 1.18 bits per heavy atom. The van der Waals surface area contributed by atoms with Crippen molar-refractivity contribution in [2.75, 3.05) is 20.3 Å². The first-order valence-corrected chi connectivity index (χ1v) is 6.39. The topological polar surface area (TPSA) is 52.6 Å². The average molecular weight is 242 g/mol. The standard InChI is InChI=1S/C13H22O4/c1-3-17-13(15)11-7-5-4-6-10(11)12(14)8-9-16-2/h10-11H,3-9H2,1-2H3. The molecule has 0 aromatic heterocycles. The van der Waals surface area contributed by atoms with Gasteiger partial charge in [-0.05, 0) is 19.8 Å². The van der Waals surface area contributed by atoms with Crippen molar-refractivity contribution in [1.29, 1.82) is 0 Å². The molecule has 98 valence electrons. The third-order valence-electron chi connectivity index (χ3n) is 3.32. The summed E-state index contributed by atoms with van der Waals surface area (Å²) in [5.41, 5.74) is 0. The van der Waals surface area contributed by atoms with Gasteiger partial charge in [-0.25, -0.2) is 0 Å². The van der Waals surface area contributed by atoms with Crippen LogP contribution in [-0.2, 0) is 19.1 Å². The summed E-state index contributed by atoms with van der Waals surface area (Å²) in [6.45, 7) is 2.61. The molecule has 0 saturated heterocycles. The lowest BCUT2D eigenvalue weighted by Crippen LogP contribution is -2.34. The molecule has 2 atom stereocenters. The molecular weight excluding hydrogens is 220 g/mol. The number of Topliss-reactive ketones (excluding diaryl/α,β-unsaturated/α-hetero) is 1. The van der Waals surface area contributed by atoms with Crippen LogP contribution in [0.3, 0.4) is 0 Å². The molecule has 0 heterocycles. The van der Waals surface area contributed by atoms with Crippen molar-refractivity contribution in [3.8, 4) is 0 Å².